The van der Waals surface area contributed by atoms with E-state index in [1.165, 1.54) is 4.90 Å². The van der Waals surface area contributed by atoms with Crippen molar-refractivity contribution in [1.29, 1.82) is 0 Å². The highest BCUT2D eigenvalue weighted by molar-refractivity contribution is 7.13. The summed E-state index contributed by atoms with van der Waals surface area (Å²) in [6, 6.07) is 6.65. The molecule has 2 aromatic rings. The fourth-order valence-corrected chi connectivity index (χ4v) is 5.98. The van der Waals surface area contributed by atoms with Crippen LogP contribution in [0.15, 0.2) is 29.8 Å². The molecular weight excluding hydrogens is 538 g/mol. The molecule has 1 aliphatic rings. The molecule has 0 radical (unpaired) electrons. The summed E-state index contributed by atoms with van der Waals surface area (Å²) >= 11 is 1.61. The number of hydrogen-bond acceptors (Lipinski definition) is 7. The quantitative estimate of drug-likeness (QED) is 0.250. The van der Waals surface area contributed by atoms with Gasteiger partial charge in [-0.2, -0.15) is 0 Å². The van der Waals surface area contributed by atoms with E-state index in [4.69, 9.17) is 5.73 Å². The van der Waals surface area contributed by atoms with E-state index in [1.54, 1.807) is 11.3 Å². The van der Waals surface area contributed by atoms with Crippen molar-refractivity contribution in [1.82, 2.24) is 20.5 Å². The van der Waals surface area contributed by atoms with E-state index in [2.05, 4.69) is 27.8 Å². The van der Waals surface area contributed by atoms with Crippen LogP contribution in [0.1, 0.15) is 77.0 Å². The molecule has 2 heterocycles. The van der Waals surface area contributed by atoms with E-state index in [0.29, 0.717) is 25.9 Å². The van der Waals surface area contributed by atoms with Gasteiger partial charge in [0.2, 0.25) is 17.7 Å². The van der Waals surface area contributed by atoms with Crippen LogP contribution in [0.3, 0.4) is 0 Å². The summed E-state index contributed by atoms with van der Waals surface area (Å²) < 4.78 is 0. The van der Waals surface area contributed by atoms with E-state index in [-0.39, 0.29) is 30.7 Å². The minimum atomic E-state index is -0.798. The number of benzene rings is 1. The molecule has 3 atom stereocenters. The summed E-state index contributed by atoms with van der Waals surface area (Å²) in [5, 5.41) is 16.3. The first kappa shape index (κ1) is 32.7. The lowest BCUT2D eigenvalue weighted by Crippen LogP contribution is -2.57. The maximum absolute atomic E-state index is 13.7. The number of carbonyl (C=O) groups excluding carboxylic acids is 3. The molecule has 1 aromatic heterocycles. The summed E-state index contributed by atoms with van der Waals surface area (Å²) in [6.07, 6.45) is 5.15. The van der Waals surface area contributed by atoms with E-state index < -0.39 is 23.6 Å². The Kier molecular flexibility index (Phi) is 12.3. The highest BCUT2D eigenvalue weighted by Gasteiger charge is 2.44. The maximum Gasteiger partial charge on any atom is 0.246 e. The molecule has 3 rings (SSSR count). The number of nitrogens with one attached hydrogen (secondary N) is 2. The summed E-state index contributed by atoms with van der Waals surface area (Å²) in [6.45, 7) is 8.84. The Labute approximate surface area is 248 Å². The number of likely N-dealkylation sites (tertiary alicyclic amines) is 1. The smallest absolute Gasteiger partial charge is 0.246 e. The molecular formula is C31H47N5O4S. The predicted octanol–water partition coefficient (Wildman–Crippen LogP) is 3.57. The number of nitrogens with zero attached hydrogens (tertiary/aromatic N) is 2. The molecule has 1 aliphatic heterocycles. The van der Waals surface area contributed by atoms with Gasteiger partial charge < -0.3 is 26.4 Å². The molecule has 0 aliphatic carbocycles. The molecule has 3 amide bonds. The predicted molar refractivity (Wildman–Crippen MR) is 163 cm³/mol. The van der Waals surface area contributed by atoms with Gasteiger partial charge in [-0.1, -0.05) is 64.3 Å². The van der Waals surface area contributed by atoms with Gasteiger partial charge in [0, 0.05) is 25.9 Å². The van der Waals surface area contributed by atoms with Gasteiger partial charge in [0.25, 0.3) is 0 Å². The Bertz CT molecular complexity index is 1140. The number of β-amino-alcohol motifs (C(OH)–C–C–N with tert-alkyl or cyclic N) is 1. The van der Waals surface area contributed by atoms with Crippen molar-refractivity contribution in [3.05, 3.63) is 41.0 Å². The van der Waals surface area contributed by atoms with Crippen molar-refractivity contribution >= 4 is 29.1 Å². The van der Waals surface area contributed by atoms with Crippen LogP contribution >= 0.6 is 11.3 Å². The van der Waals surface area contributed by atoms with Crippen molar-refractivity contribution in [3.63, 3.8) is 0 Å². The van der Waals surface area contributed by atoms with Gasteiger partial charge in [-0.05, 0) is 49.3 Å². The first-order chi connectivity index (χ1) is 19.5. The van der Waals surface area contributed by atoms with Gasteiger partial charge in [0.1, 0.15) is 12.1 Å². The van der Waals surface area contributed by atoms with Gasteiger partial charge in [-0.3, -0.25) is 14.4 Å². The second-order valence-corrected chi connectivity index (χ2v) is 12.9. The molecule has 9 nitrogen and oxygen atoms in total. The monoisotopic (exact) mass is 585 g/mol. The third-order valence-corrected chi connectivity index (χ3v) is 8.54. The summed E-state index contributed by atoms with van der Waals surface area (Å²) in [5.74, 6) is -0.794. The Morgan fingerprint density at radius 3 is 2.44 bits per heavy atom. The largest absolute Gasteiger partial charge is 0.391 e. The molecule has 1 aromatic carbocycles. The molecule has 226 valence electrons. The SMILES string of the molecule is Cc1ncsc1-c1ccc(CCNC(=O)[C@@H]2C[C@H](O)CN2C(=O)[C@@H](NC(=O)CCCCCCCN)C(C)(C)C)cc1. The van der Waals surface area contributed by atoms with Crippen LogP contribution in [0, 0.1) is 12.3 Å². The highest BCUT2D eigenvalue weighted by atomic mass is 32.1. The van der Waals surface area contributed by atoms with E-state index in [1.807, 2.05) is 45.3 Å². The van der Waals surface area contributed by atoms with Gasteiger partial charge >= 0.3 is 0 Å². The van der Waals surface area contributed by atoms with E-state index >= 15 is 0 Å². The minimum absolute atomic E-state index is 0.0684. The van der Waals surface area contributed by atoms with Crippen molar-refractivity contribution in [2.24, 2.45) is 11.1 Å². The molecule has 1 saturated heterocycles. The first-order valence-electron chi connectivity index (χ1n) is 14.8. The highest BCUT2D eigenvalue weighted by Crippen LogP contribution is 2.28. The summed E-state index contributed by atoms with van der Waals surface area (Å²) in [7, 11) is 0. The summed E-state index contributed by atoms with van der Waals surface area (Å²) in [5.41, 5.74) is 10.0. The van der Waals surface area contributed by atoms with Gasteiger partial charge in [-0.15, -0.1) is 11.3 Å². The zero-order valence-corrected chi connectivity index (χ0v) is 25.8. The van der Waals surface area contributed by atoms with E-state index in [9.17, 15) is 19.5 Å². The fourth-order valence-electron chi connectivity index (χ4n) is 5.16. The number of thiazole rings is 1. The van der Waals surface area contributed by atoms with Crippen LogP contribution in [0.4, 0.5) is 0 Å². The Morgan fingerprint density at radius 2 is 1.80 bits per heavy atom. The van der Waals surface area contributed by atoms with Crippen molar-refractivity contribution < 1.29 is 19.5 Å². The average Bonchev–Trinajstić information content (AvgIpc) is 3.54. The minimum Gasteiger partial charge on any atom is -0.391 e. The molecule has 10 heteroatoms. The van der Waals surface area contributed by atoms with E-state index in [0.717, 1.165) is 53.8 Å². The number of amides is 3. The molecule has 0 unspecified atom stereocenters. The lowest BCUT2D eigenvalue weighted by atomic mass is 9.85. The van der Waals surface area contributed by atoms with Crippen LogP contribution in [0.2, 0.25) is 0 Å². The molecule has 5 N–H and O–H groups in total. The first-order valence-corrected chi connectivity index (χ1v) is 15.6. The van der Waals surface area contributed by atoms with Crippen LogP contribution in [-0.4, -0.2) is 70.5 Å². The second-order valence-electron chi connectivity index (χ2n) is 12.1. The van der Waals surface area contributed by atoms with Crippen LogP contribution in [-0.2, 0) is 20.8 Å². The Balaban J connectivity index is 1.54. The number of nitrogens with two attached hydrogens (primary N) is 1. The third-order valence-electron chi connectivity index (χ3n) is 7.57. The Hall–Kier alpha value is -2.82. The fraction of sp³-hybridized carbons (Fsp3) is 0.613. The van der Waals surface area contributed by atoms with Gasteiger partial charge in [0.05, 0.1) is 22.2 Å². The number of rotatable bonds is 14. The van der Waals surface area contributed by atoms with Crippen LogP contribution < -0.4 is 16.4 Å². The van der Waals surface area contributed by atoms with Gasteiger partial charge in [0.15, 0.2) is 0 Å². The standard InChI is InChI=1S/C31H47N5O4S/c1-21-27(41-20-34-21)23-13-11-22(12-14-23)15-17-33-29(39)25-18-24(37)19-36(25)30(40)28(31(2,3)4)35-26(38)10-8-6-5-7-9-16-32/h11-14,20,24-25,28,37H,5-10,15-19,32H2,1-4H3,(H,33,39)(H,35,38)/t24-,25-,28+/m0/s1. The van der Waals surface area contributed by atoms with Crippen molar-refractivity contribution in [2.75, 3.05) is 19.6 Å². The number of unbranched alkanes of at least 4 members (excludes halogenated alkanes) is 4. The lowest BCUT2D eigenvalue weighted by molar-refractivity contribution is -0.144. The number of aliphatic hydroxyl groups is 1. The van der Waals surface area contributed by atoms with Crippen molar-refractivity contribution in [2.45, 2.75) is 97.2 Å². The lowest BCUT2D eigenvalue weighted by Gasteiger charge is -2.35. The summed E-state index contributed by atoms with van der Waals surface area (Å²) in [4.78, 5) is 46.5. The third kappa shape index (κ3) is 9.61. The molecule has 1 fully saturated rings. The molecule has 0 bridgehead atoms. The zero-order valence-electron chi connectivity index (χ0n) is 24.9. The van der Waals surface area contributed by atoms with Gasteiger partial charge in [-0.25, -0.2) is 4.98 Å². The number of aryl methyl sites for hydroxylation is 1. The van der Waals surface area contributed by atoms with Crippen LogP contribution in [0.25, 0.3) is 10.4 Å². The molecule has 0 saturated carbocycles. The zero-order chi connectivity index (χ0) is 30.0. The van der Waals surface area contributed by atoms with Crippen molar-refractivity contribution in [3.8, 4) is 10.4 Å². The number of hydrogen-bond donors (Lipinski definition) is 4. The number of aliphatic hydroxyl groups excluding tert-OH is 1. The Morgan fingerprint density at radius 1 is 1.12 bits per heavy atom. The number of carbonyl (C=O) groups is 3. The van der Waals surface area contributed by atoms with Crippen LogP contribution in [0.5, 0.6) is 0 Å². The maximum atomic E-state index is 13.7. The number of aromatic nitrogens is 1. The average molecular weight is 586 g/mol. The normalized spacial score (nSPS) is 17.9. The molecule has 41 heavy (non-hydrogen) atoms. The second kappa shape index (κ2) is 15.4. The topological polar surface area (TPSA) is 138 Å². The molecule has 0 spiro atoms.